The second kappa shape index (κ2) is 6.71. The molecule has 0 atom stereocenters. The van der Waals surface area contributed by atoms with E-state index in [0.717, 1.165) is 12.8 Å². The number of carbonyl (C=O) groups excluding carboxylic acids is 1. The highest BCUT2D eigenvalue weighted by Crippen LogP contribution is 2.45. The summed E-state index contributed by atoms with van der Waals surface area (Å²) < 4.78 is 4.91. The smallest absolute Gasteiger partial charge is 0.234 e. The van der Waals surface area contributed by atoms with Crippen LogP contribution in [0.3, 0.4) is 0 Å². The fourth-order valence-corrected chi connectivity index (χ4v) is 3.58. The first-order valence-corrected chi connectivity index (χ1v) is 7.23. The van der Waals surface area contributed by atoms with Gasteiger partial charge in [-0.05, 0) is 30.1 Å². The van der Waals surface area contributed by atoms with E-state index in [1.807, 2.05) is 0 Å². The van der Waals surface area contributed by atoms with Crippen molar-refractivity contribution in [1.29, 1.82) is 0 Å². The summed E-state index contributed by atoms with van der Waals surface area (Å²) in [5.41, 5.74) is 0.706. The lowest BCUT2D eigenvalue weighted by molar-refractivity contribution is -0.120. The monoisotopic (exact) mass is 270 g/mol. The molecule has 0 aromatic rings. The van der Waals surface area contributed by atoms with E-state index >= 15 is 0 Å². The fourth-order valence-electron chi connectivity index (χ4n) is 3.58. The Morgan fingerprint density at radius 1 is 1.21 bits per heavy atom. The number of hydrogen-bond donors (Lipinski definition) is 2. The standard InChI is InChI=1S/C15H30N2O2/c1-14(2)8-12(9-15(3,4)11-14)17-10-13(18)16-6-7-19-5/h12,17H,6-11H2,1-5H3,(H,16,18). The van der Waals surface area contributed by atoms with Gasteiger partial charge < -0.3 is 15.4 Å². The Kier molecular flexibility index (Phi) is 5.81. The molecule has 1 rings (SSSR count). The van der Waals surface area contributed by atoms with Crippen LogP contribution in [0.15, 0.2) is 0 Å². The van der Waals surface area contributed by atoms with E-state index in [4.69, 9.17) is 4.74 Å². The van der Waals surface area contributed by atoms with Crippen LogP contribution in [0.25, 0.3) is 0 Å². The lowest BCUT2D eigenvalue weighted by Gasteiger charge is -2.45. The second-order valence-corrected chi connectivity index (χ2v) is 7.33. The van der Waals surface area contributed by atoms with Gasteiger partial charge in [0.1, 0.15) is 0 Å². The molecule has 2 N–H and O–H groups in total. The van der Waals surface area contributed by atoms with Crippen molar-refractivity contribution in [3.8, 4) is 0 Å². The first kappa shape index (κ1) is 16.4. The topological polar surface area (TPSA) is 50.4 Å². The van der Waals surface area contributed by atoms with Crippen molar-refractivity contribution in [2.75, 3.05) is 26.8 Å². The molecule has 0 unspecified atom stereocenters. The van der Waals surface area contributed by atoms with E-state index in [-0.39, 0.29) is 5.91 Å². The predicted molar refractivity (Wildman–Crippen MR) is 78.1 cm³/mol. The van der Waals surface area contributed by atoms with Crippen LogP contribution in [0.1, 0.15) is 47.0 Å². The van der Waals surface area contributed by atoms with E-state index in [0.29, 0.717) is 36.6 Å². The maximum atomic E-state index is 11.7. The van der Waals surface area contributed by atoms with Gasteiger partial charge in [0.2, 0.25) is 5.91 Å². The highest BCUT2D eigenvalue weighted by atomic mass is 16.5. The van der Waals surface area contributed by atoms with Crippen LogP contribution >= 0.6 is 0 Å². The van der Waals surface area contributed by atoms with E-state index < -0.39 is 0 Å². The Labute approximate surface area is 117 Å². The Hall–Kier alpha value is -0.610. The van der Waals surface area contributed by atoms with E-state index in [2.05, 4.69) is 38.3 Å². The summed E-state index contributed by atoms with van der Waals surface area (Å²) in [6.45, 7) is 10.8. The van der Waals surface area contributed by atoms with Gasteiger partial charge in [0.25, 0.3) is 0 Å². The maximum absolute atomic E-state index is 11.7. The molecule has 0 bridgehead atoms. The molecule has 1 amide bonds. The van der Waals surface area contributed by atoms with E-state index in [1.165, 1.54) is 6.42 Å². The summed E-state index contributed by atoms with van der Waals surface area (Å²) in [5.74, 6) is 0.0539. The SMILES string of the molecule is COCCNC(=O)CNC1CC(C)(C)CC(C)(C)C1. The van der Waals surface area contributed by atoms with Crippen molar-refractivity contribution in [3.05, 3.63) is 0 Å². The van der Waals surface area contributed by atoms with Crippen molar-refractivity contribution >= 4 is 5.91 Å². The summed E-state index contributed by atoms with van der Waals surface area (Å²) in [4.78, 5) is 11.7. The Balaban J connectivity index is 2.34. The number of nitrogens with one attached hydrogen (secondary N) is 2. The van der Waals surface area contributed by atoms with Gasteiger partial charge in [-0.15, -0.1) is 0 Å². The van der Waals surface area contributed by atoms with Gasteiger partial charge in [-0.1, -0.05) is 27.7 Å². The van der Waals surface area contributed by atoms with Gasteiger partial charge in [-0.3, -0.25) is 4.79 Å². The Bertz CT molecular complexity index is 285. The van der Waals surface area contributed by atoms with E-state index in [1.54, 1.807) is 7.11 Å². The minimum Gasteiger partial charge on any atom is -0.383 e. The van der Waals surface area contributed by atoms with Crippen LogP contribution in [-0.4, -0.2) is 38.8 Å². The molecule has 19 heavy (non-hydrogen) atoms. The average Bonchev–Trinajstić information content (AvgIpc) is 2.22. The molecule has 0 aromatic heterocycles. The zero-order valence-corrected chi connectivity index (χ0v) is 13.1. The van der Waals surface area contributed by atoms with Gasteiger partial charge in [0.05, 0.1) is 13.2 Å². The summed E-state index contributed by atoms with van der Waals surface area (Å²) in [6.07, 6.45) is 3.53. The molecular formula is C15H30N2O2. The molecular weight excluding hydrogens is 240 g/mol. The molecule has 0 aliphatic heterocycles. The molecule has 0 spiro atoms. The van der Waals surface area contributed by atoms with Gasteiger partial charge in [0, 0.05) is 19.7 Å². The number of amides is 1. The quantitative estimate of drug-likeness (QED) is 0.725. The molecule has 0 heterocycles. The normalized spacial score (nSPS) is 22.2. The van der Waals surface area contributed by atoms with Crippen molar-refractivity contribution in [3.63, 3.8) is 0 Å². The Morgan fingerprint density at radius 3 is 2.32 bits per heavy atom. The zero-order valence-electron chi connectivity index (χ0n) is 13.1. The van der Waals surface area contributed by atoms with E-state index in [9.17, 15) is 4.79 Å². The molecule has 1 fully saturated rings. The molecule has 4 nitrogen and oxygen atoms in total. The highest BCUT2D eigenvalue weighted by molar-refractivity contribution is 5.77. The van der Waals surface area contributed by atoms with Crippen molar-refractivity contribution in [2.24, 2.45) is 10.8 Å². The third kappa shape index (κ3) is 6.39. The number of hydrogen-bond acceptors (Lipinski definition) is 3. The molecule has 0 radical (unpaired) electrons. The highest BCUT2D eigenvalue weighted by Gasteiger charge is 2.38. The third-order valence-electron chi connectivity index (χ3n) is 3.73. The minimum absolute atomic E-state index is 0.0539. The number of rotatable bonds is 6. The molecule has 1 aliphatic carbocycles. The van der Waals surface area contributed by atoms with Gasteiger partial charge in [-0.25, -0.2) is 0 Å². The minimum atomic E-state index is 0.0539. The number of carbonyl (C=O) groups is 1. The Morgan fingerprint density at radius 2 is 1.79 bits per heavy atom. The maximum Gasteiger partial charge on any atom is 0.234 e. The van der Waals surface area contributed by atoms with Crippen molar-refractivity contribution in [2.45, 2.75) is 53.0 Å². The van der Waals surface area contributed by atoms with Crippen molar-refractivity contribution < 1.29 is 9.53 Å². The van der Waals surface area contributed by atoms with Crippen molar-refractivity contribution in [1.82, 2.24) is 10.6 Å². The van der Waals surface area contributed by atoms with Gasteiger partial charge >= 0.3 is 0 Å². The average molecular weight is 270 g/mol. The summed E-state index contributed by atoms with van der Waals surface area (Å²) >= 11 is 0. The number of methoxy groups -OCH3 is 1. The molecule has 112 valence electrons. The summed E-state index contributed by atoms with van der Waals surface area (Å²) in [6, 6.07) is 0.437. The van der Waals surface area contributed by atoms with Crippen LogP contribution in [0.4, 0.5) is 0 Å². The third-order valence-corrected chi connectivity index (χ3v) is 3.73. The lowest BCUT2D eigenvalue weighted by Crippen LogP contribution is -2.47. The molecule has 0 saturated heterocycles. The van der Waals surface area contributed by atoms with Crippen LogP contribution < -0.4 is 10.6 Å². The first-order valence-electron chi connectivity index (χ1n) is 7.23. The zero-order chi connectivity index (χ0) is 14.5. The lowest BCUT2D eigenvalue weighted by atomic mass is 9.63. The van der Waals surface area contributed by atoms with Crippen LogP contribution in [0.5, 0.6) is 0 Å². The van der Waals surface area contributed by atoms with Crippen LogP contribution in [0.2, 0.25) is 0 Å². The molecule has 4 heteroatoms. The molecule has 1 saturated carbocycles. The largest absolute Gasteiger partial charge is 0.383 e. The molecule has 0 aromatic carbocycles. The fraction of sp³-hybridized carbons (Fsp3) is 0.933. The first-order chi connectivity index (χ1) is 8.74. The van der Waals surface area contributed by atoms with Gasteiger partial charge in [-0.2, -0.15) is 0 Å². The predicted octanol–water partition coefficient (Wildman–Crippen LogP) is 1.94. The second-order valence-electron chi connectivity index (χ2n) is 7.33. The van der Waals surface area contributed by atoms with Crippen LogP contribution in [0, 0.1) is 10.8 Å². The van der Waals surface area contributed by atoms with Gasteiger partial charge in [0.15, 0.2) is 0 Å². The molecule has 1 aliphatic rings. The summed E-state index contributed by atoms with van der Waals surface area (Å²) in [5, 5.41) is 6.24. The number of ether oxygens (including phenoxy) is 1. The van der Waals surface area contributed by atoms with Crippen LogP contribution in [-0.2, 0) is 9.53 Å². The summed E-state index contributed by atoms with van der Waals surface area (Å²) in [7, 11) is 1.64.